The largest absolute Gasteiger partial charge is 0.483 e. The van der Waals surface area contributed by atoms with Crippen molar-refractivity contribution in [2.45, 2.75) is 13.8 Å². The van der Waals surface area contributed by atoms with Gasteiger partial charge in [0.1, 0.15) is 5.75 Å². The predicted molar refractivity (Wildman–Crippen MR) is 97.8 cm³/mol. The molecule has 0 unspecified atom stereocenters. The van der Waals surface area contributed by atoms with Crippen LogP contribution in [0.2, 0.25) is 0 Å². The van der Waals surface area contributed by atoms with Gasteiger partial charge in [0.15, 0.2) is 6.61 Å². The summed E-state index contributed by atoms with van der Waals surface area (Å²) in [6.45, 7) is 5.24. The molecule has 0 saturated carbocycles. The van der Waals surface area contributed by atoms with Crippen molar-refractivity contribution < 1.29 is 9.53 Å². The van der Waals surface area contributed by atoms with Gasteiger partial charge in [-0.2, -0.15) is 0 Å². The highest BCUT2D eigenvalue weighted by Crippen LogP contribution is 2.29. The molecular weight excluding hydrogens is 300 g/mol. The summed E-state index contributed by atoms with van der Waals surface area (Å²) >= 11 is 0. The minimum absolute atomic E-state index is 0.0149. The first kappa shape index (κ1) is 18.0. The zero-order valence-electron chi connectivity index (χ0n) is 14.7. The van der Waals surface area contributed by atoms with Gasteiger partial charge in [-0.15, -0.1) is 0 Å². The van der Waals surface area contributed by atoms with Crippen molar-refractivity contribution >= 4 is 5.91 Å². The molecule has 2 rings (SSSR count). The monoisotopic (exact) mass is 326 g/mol. The van der Waals surface area contributed by atoms with E-state index < -0.39 is 0 Å². The first-order chi connectivity index (χ1) is 11.4. The predicted octanol–water partition coefficient (Wildman–Crippen LogP) is 3.18. The van der Waals surface area contributed by atoms with Crippen LogP contribution < -0.4 is 10.5 Å². The maximum Gasteiger partial charge on any atom is 0.260 e. The summed E-state index contributed by atoms with van der Waals surface area (Å²) < 4.78 is 5.80. The van der Waals surface area contributed by atoms with Crippen LogP contribution in [-0.2, 0) is 4.79 Å². The Bertz CT molecular complexity index is 668. The van der Waals surface area contributed by atoms with Gasteiger partial charge in [-0.1, -0.05) is 62.4 Å². The van der Waals surface area contributed by atoms with Crippen molar-refractivity contribution in [3.63, 3.8) is 0 Å². The number of nitrogens with zero attached hydrogens (tertiary/aromatic N) is 1. The first-order valence-electron chi connectivity index (χ1n) is 8.14. The molecule has 0 aliphatic heterocycles. The van der Waals surface area contributed by atoms with Crippen LogP contribution in [0.3, 0.4) is 0 Å². The number of benzene rings is 2. The van der Waals surface area contributed by atoms with Gasteiger partial charge in [0.05, 0.1) is 0 Å². The van der Waals surface area contributed by atoms with Gasteiger partial charge in [-0.3, -0.25) is 4.79 Å². The summed E-state index contributed by atoms with van der Waals surface area (Å²) in [7, 11) is 1.78. The minimum atomic E-state index is -0.105. The Morgan fingerprint density at radius 2 is 1.71 bits per heavy atom. The van der Waals surface area contributed by atoms with E-state index in [1.54, 1.807) is 11.9 Å². The number of para-hydroxylation sites is 1. The summed E-state index contributed by atoms with van der Waals surface area (Å²) in [4.78, 5) is 14.0. The molecule has 0 aromatic heterocycles. The molecule has 2 aromatic carbocycles. The van der Waals surface area contributed by atoms with Crippen LogP contribution in [-0.4, -0.2) is 37.6 Å². The van der Waals surface area contributed by atoms with Gasteiger partial charge in [0, 0.05) is 19.2 Å². The third kappa shape index (κ3) is 4.83. The lowest BCUT2D eigenvalue weighted by molar-refractivity contribution is -0.133. The summed E-state index contributed by atoms with van der Waals surface area (Å²) in [5.41, 5.74) is 7.68. The molecule has 128 valence electrons. The topological polar surface area (TPSA) is 55.6 Å². The normalized spacial score (nSPS) is 11.2. The first-order valence-corrected chi connectivity index (χ1v) is 8.14. The molecule has 0 aliphatic rings. The summed E-state index contributed by atoms with van der Waals surface area (Å²) in [6, 6.07) is 17.8. The Balaban J connectivity index is 2.04. The van der Waals surface area contributed by atoms with E-state index in [0.29, 0.717) is 18.8 Å². The summed E-state index contributed by atoms with van der Waals surface area (Å²) in [5, 5.41) is 0. The van der Waals surface area contributed by atoms with Crippen molar-refractivity contribution in [1.82, 2.24) is 4.90 Å². The number of amides is 1. The number of carbonyl (C=O) groups is 1. The SMILES string of the molecule is CN(CC(C)(C)CN)C(=O)COc1ccccc1-c1ccccc1. The zero-order valence-corrected chi connectivity index (χ0v) is 14.7. The summed E-state index contributed by atoms with van der Waals surface area (Å²) in [5.74, 6) is 0.655. The molecule has 2 aromatic rings. The van der Waals surface area contributed by atoms with E-state index in [9.17, 15) is 4.79 Å². The smallest absolute Gasteiger partial charge is 0.260 e. The third-order valence-corrected chi connectivity index (χ3v) is 3.97. The molecule has 4 heteroatoms. The number of hydrogen-bond donors (Lipinski definition) is 1. The average Bonchev–Trinajstić information content (AvgIpc) is 2.60. The number of likely N-dealkylation sites (N-methyl/N-ethyl adjacent to an activating group) is 1. The molecule has 0 fully saturated rings. The van der Waals surface area contributed by atoms with Crippen molar-refractivity contribution in [3.05, 3.63) is 54.6 Å². The summed E-state index contributed by atoms with van der Waals surface area (Å²) in [6.07, 6.45) is 0. The lowest BCUT2D eigenvalue weighted by Gasteiger charge is -2.29. The van der Waals surface area contributed by atoms with Gasteiger partial charge < -0.3 is 15.4 Å². The molecular formula is C20H26N2O2. The lowest BCUT2D eigenvalue weighted by atomic mass is 9.93. The van der Waals surface area contributed by atoms with Crippen LogP contribution >= 0.6 is 0 Å². The van der Waals surface area contributed by atoms with E-state index in [-0.39, 0.29) is 17.9 Å². The highest BCUT2D eigenvalue weighted by Gasteiger charge is 2.21. The number of nitrogens with two attached hydrogens (primary N) is 1. The van der Waals surface area contributed by atoms with Gasteiger partial charge in [-0.05, 0) is 23.6 Å². The molecule has 0 atom stereocenters. The Labute approximate surface area is 144 Å². The quantitative estimate of drug-likeness (QED) is 0.850. The van der Waals surface area contributed by atoms with Gasteiger partial charge >= 0.3 is 0 Å². The zero-order chi connectivity index (χ0) is 17.6. The number of carbonyl (C=O) groups excluding carboxylic acids is 1. The van der Waals surface area contributed by atoms with Crippen molar-refractivity contribution in [2.75, 3.05) is 26.7 Å². The second-order valence-corrected chi connectivity index (χ2v) is 6.77. The van der Waals surface area contributed by atoms with Crippen LogP contribution in [0.5, 0.6) is 5.75 Å². The van der Waals surface area contributed by atoms with Crippen molar-refractivity contribution in [1.29, 1.82) is 0 Å². The maximum absolute atomic E-state index is 12.3. The standard InChI is InChI=1S/C20H26N2O2/c1-20(2,14-21)15-22(3)19(23)13-24-18-12-8-7-11-17(18)16-9-5-4-6-10-16/h4-12H,13-15,21H2,1-3H3. The van der Waals surface area contributed by atoms with E-state index in [0.717, 1.165) is 11.1 Å². The lowest BCUT2D eigenvalue weighted by Crippen LogP contribution is -2.41. The van der Waals surface area contributed by atoms with Crippen LogP contribution in [0.4, 0.5) is 0 Å². The Kier molecular flexibility index (Phi) is 5.99. The molecule has 24 heavy (non-hydrogen) atoms. The minimum Gasteiger partial charge on any atom is -0.483 e. The van der Waals surface area contributed by atoms with Crippen LogP contribution in [0.1, 0.15) is 13.8 Å². The molecule has 0 saturated heterocycles. The highest BCUT2D eigenvalue weighted by atomic mass is 16.5. The number of ether oxygens (including phenoxy) is 1. The molecule has 0 heterocycles. The number of hydrogen-bond acceptors (Lipinski definition) is 3. The second kappa shape index (κ2) is 7.97. The van der Waals surface area contributed by atoms with Crippen LogP contribution in [0.25, 0.3) is 11.1 Å². The molecule has 0 aliphatic carbocycles. The van der Waals surface area contributed by atoms with E-state index >= 15 is 0 Å². The van der Waals surface area contributed by atoms with E-state index in [1.165, 1.54) is 0 Å². The van der Waals surface area contributed by atoms with Crippen molar-refractivity contribution in [3.8, 4) is 16.9 Å². The fourth-order valence-corrected chi connectivity index (χ4v) is 2.49. The van der Waals surface area contributed by atoms with Crippen molar-refractivity contribution in [2.24, 2.45) is 11.1 Å². The molecule has 2 N–H and O–H groups in total. The van der Waals surface area contributed by atoms with Gasteiger partial charge in [0.2, 0.25) is 0 Å². The Morgan fingerprint density at radius 3 is 2.38 bits per heavy atom. The molecule has 4 nitrogen and oxygen atoms in total. The Morgan fingerprint density at radius 1 is 1.08 bits per heavy atom. The highest BCUT2D eigenvalue weighted by molar-refractivity contribution is 5.78. The molecule has 0 bridgehead atoms. The molecule has 0 radical (unpaired) electrons. The van der Waals surface area contributed by atoms with E-state index in [4.69, 9.17) is 10.5 Å². The molecule has 0 spiro atoms. The third-order valence-electron chi connectivity index (χ3n) is 3.97. The van der Waals surface area contributed by atoms with Gasteiger partial charge in [0.25, 0.3) is 5.91 Å². The van der Waals surface area contributed by atoms with Gasteiger partial charge in [-0.25, -0.2) is 0 Å². The van der Waals surface area contributed by atoms with E-state index in [2.05, 4.69) is 0 Å². The van der Waals surface area contributed by atoms with Crippen LogP contribution in [0, 0.1) is 5.41 Å². The Hall–Kier alpha value is -2.33. The average molecular weight is 326 g/mol. The fraction of sp³-hybridized carbons (Fsp3) is 0.350. The number of rotatable bonds is 7. The maximum atomic E-state index is 12.3. The molecule has 1 amide bonds. The fourth-order valence-electron chi connectivity index (χ4n) is 2.49. The van der Waals surface area contributed by atoms with E-state index in [1.807, 2.05) is 68.4 Å². The second-order valence-electron chi connectivity index (χ2n) is 6.77. The van der Waals surface area contributed by atoms with Crippen LogP contribution in [0.15, 0.2) is 54.6 Å².